The van der Waals surface area contributed by atoms with Crippen LogP contribution >= 0.6 is 0 Å². The number of aliphatic hydroxyl groups is 2. The number of fused-ring (bicyclic) bond motifs is 4. The second kappa shape index (κ2) is 7.13. The molecule has 30 heavy (non-hydrogen) atoms. The lowest BCUT2D eigenvalue weighted by molar-refractivity contribution is -0.516. The normalized spacial score (nSPS) is 11.6. The highest BCUT2D eigenvalue weighted by atomic mass is 16.5. The number of hydrogen-bond acceptors (Lipinski definition) is 4. The number of hydrogen-bond donors (Lipinski definition) is 2. The van der Waals surface area contributed by atoms with Crippen LogP contribution in [0.15, 0.2) is 65.6 Å². The Labute approximate surface area is 173 Å². The predicted octanol–water partition coefficient (Wildman–Crippen LogP) is 4.29. The lowest BCUT2D eigenvalue weighted by Crippen LogP contribution is -2.25. The van der Waals surface area contributed by atoms with Crippen molar-refractivity contribution in [2.75, 3.05) is 7.11 Å². The third-order valence-electron chi connectivity index (χ3n) is 5.90. The molecule has 0 aliphatic rings. The van der Waals surface area contributed by atoms with Crippen LogP contribution in [0.5, 0.6) is 5.75 Å². The van der Waals surface area contributed by atoms with E-state index >= 15 is 0 Å². The first-order chi connectivity index (χ1) is 14.6. The number of pyridine rings is 2. The Kier molecular flexibility index (Phi) is 4.42. The van der Waals surface area contributed by atoms with E-state index in [0.717, 1.165) is 60.8 Å². The topological polar surface area (TPSA) is 66.9 Å². The van der Waals surface area contributed by atoms with E-state index in [9.17, 15) is 10.2 Å². The van der Waals surface area contributed by atoms with Crippen molar-refractivity contribution in [3.8, 4) is 16.9 Å². The molecule has 0 atom stereocenters. The molecule has 5 heteroatoms. The first-order valence-electron chi connectivity index (χ1n) is 9.80. The maximum Gasteiger partial charge on any atom is 0.219 e. The molecule has 5 nitrogen and oxygen atoms in total. The van der Waals surface area contributed by atoms with Gasteiger partial charge in [-0.3, -0.25) is 0 Å². The molecule has 3 aromatic heterocycles. The zero-order valence-electron chi connectivity index (χ0n) is 16.8. The summed E-state index contributed by atoms with van der Waals surface area (Å²) in [7, 11) is 1.67. The predicted molar refractivity (Wildman–Crippen MR) is 115 cm³/mol. The number of nitrogens with zero attached hydrogens (tertiary/aromatic N) is 1. The maximum absolute atomic E-state index is 9.72. The fraction of sp³-hybridized carbons (Fsp3) is 0.160. The van der Waals surface area contributed by atoms with Gasteiger partial charge in [-0.2, -0.15) is 4.40 Å². The van der Waals surface area contributed by atoms with Crippen LogP contribution < -0.4 is 9.14 Å². The molecule has 2 aromatic carbocycles. The average Bonchev–Trinajstić information content (AvgIpc) is 3.32. The highest BCUT2D eigenvalue weighted by molar-refractivity contribution is 6.01. The number of ether oxygens (including phenoxy) is 1. The van der Waals surface area contributed by atoms with Crippen molar-refractivity contribution in [3.05, 3.63) is 78.0 Å². The third kappa shape index (κ3) is 2.75. The second-order valence-electron chi connectivity index (χ2n) is 7.48. The summed E-state index contributed by atoms with van der Waals surface area (Å²) in [5.74, 6) is 0.793. The molecule has 5 rings (SSSR count). The molecule has 0 saturated heterocycles. The number of aromatic nitrogens is 1. The van der Waals surface area contributed by atoms with Crippen LogP contribution in [0.2, 0.25) is 0 Å². The van der Waals surface area contributed by atoms with E-state index in [2.05, 4.69) is 35.7 Å². The van der Waals surface area contributed by atoms with Crippen LogP contribution in [-0.4, -0.2) is 17.3 Å². The Morgan fingerprint density at radius 1 is 0.933 bits per heavy atom. The van der Waals surface area contributed by atoms with Gasteiger partial charge in [0.25, 0.3) is 0 Å². The molecular weight excluding hydrogens is 378 g/mol. The molecule has 0 bridgehead atoms. The van der Waals surface area contributed by atoms with Gasteiger partial charge in [0.1, 0.15) is 5.75 Å². The number of rotatable bonds is 4. The van der Waals surface area contributed by atoms with E-state index in [1.807, 2.05) is 24.3 Å². The van der Waals surface area contributed by atoms with Crippen molar-refractivity contribution in [1.29, 1.82) is 0 Å². The van der Waals surface area contributed by atoms with Crippen molar-refractivity contribution >= 4 is 27.1 Å². The van der Waals surface area contributed by atoms with Crippen molar-refractivity contribution < 1.29 is 23.8 Å². The molecule has 0 radical (unpaired) electrons. The molecule has 0 saturated carbocycles. The van der Waals surface area contributed by atoms with Gasteiger partial charge in [-0.25, -0.2) is 0 Å². The van der Waals surface area contributed by atoms with Crippen molar-refractivity contribution in [3.63, 3.8) is 0 Å². The van der Waals surface area contributed by atoms with E-state index in [-0.39, 0.29) is 13.2 Å². The molecule has 0 amide bonds. The monoisotopic (exact) mass is 400 g/mol. The second-order valence-corrected chi connectivity index (χ2v) is 7.48. The van der Waals surface area contributed by atoms with Gasteiger partial charge in [-0.05, 0) is 52.2 Å². The molecule has 2 N–H and O–H groups in total. The van der Waals surface area contributed by atoms with Gasteiger partial charge >= 0.3 is 0 Å². The summed E-state index contributed by atoms with van der Waals surface area (Å²) >= 11 is 0. The standard InChI is InChI=1S/C25H22NO4/c1-15-21-8-20(13-28)19(12-27)7-18(21)9-24-22-11-23(17-4-6-30-14-17)25(29-2)10-16(22)3-5-26(15)24/h3-11,14,27-28H,12-13H2,1-2H3/q+1. The van der Waals surface area contributed by atoms with Crippen LogP contribution in [0, 0.1) is 6.92 Å². The van der Waals surface area contributed by atoms with E-state index in [1.54, 1.807) is 19.6 Å². The summed E-state index contributed by atoms with van der Waals surface area (Å²) in [6.07, 6.45) is 5.43. The smallest absolute Gasteiger partial charge is 0.219 e. The fourth-order valence-corrected chi connectivity index (χ4v) is 4.28. The molecule has 0 unspecified atom stereocenters. The maximum atomic E-state index is 9.72. The van der Waals surface area contributed by atoms with Crippen LogP contribution in [0.1, 0.15) is 16.8 Å². The van der Waals surface area contributed by atoms with Crippen molar-refractivity contribution in [2.24, 2.45) is 0 Å². The largest absolute Gasteiger partial charge is 0.496 e. The van der Waals surface area contributed by atoms with E-state index in [4.69, 9.17) is 9.15 Å². The molecule has 3 heterocycles. The summed E-state index contributed by atoms with van der Waals surface area (Å²) in [5.41, 5.74) is 5.56. The highest BCUT2D eigenvalue weighted by Gasteiger charge is 2.19. The van der Waals surface area contributed by atoms with Crippen LogP contribution in [0.3, 0.4) is 0 Å². The fourth-order valence-electron chi connectivity index (χ4n) is 4.28. The van der Waals surface area contributed by atoms with E-state index in [0.29, 0.717) is 0 Å². The van der Waals surface area contributed by atoms with Gasteiger partial charge in [-0.1, -0.05) is 0 Å². The number of aliphatic hydroxyl groups excluding tert-OH is 2. The minimum atomic E-state index is -0.104. The van der Waals surface area contributed by atoms with Gasteiger partial charge in [0, 0.05) is 35.6 Å². The zero-order chi connectivity index (χ0) is 20.8. The molecule has 0 aliphatic heterocycles. The summed E-state index contributed by atoms with van der Waals surface area (Å²) in [6, 6.07) is 14.3. The van der Waals surface area contributed by atoms with Gasteiger partial charge in [-0.15, -0.1) is 0 Å². The third-order valence-corrected chi connectivity index (χ3v) is 5.90. The van der Waals surface area contributed by atoms with Crippen LogP contribution in [0.4, 0.5) is 0 Å². The molecule has 150 valence electrons. The minimum Gasteiger partial charge on any atom is -0.496 e. The van der Waals surface area contributed by atoms with E-state index in [1.165, 1.54) is 0 Å². The first kappa shape index (κ1) is 18.6. The van der Waals surface area contributed by atoms with Crippen molar-refractivity contribution in [2.45, 2.75) is 20.1 Å². The van der Waals surface area contributed by atoms with Gasteiger partial charge in [0.15, 0.2) is 11.9 Å². The van der Waals surface area contributed by atoms with Gasteiger partial charge in [0.2, 0.25) is 5.52 Å². The highest BCUT2D eigenvalue weighted by Crippen LogP contribution is 2.36. The van der Waals surface area contributed by atoms with Gasteiger partial charge in [0.05, 0.1) is 38.2 Å². The zero-order valence-corrected chi connectivity index (χ0v) is 16.8. The Bertz CT molecular complexity index is 1400. The molecule has 5 aromatic rings. The Morgan fingerprint density at radius 3 is 2.43 bits per heavy atom. The van der Waals surface area contributed by atoms with Crippen LogP contribution in [-0.2, 0) is 13.2 Å². The molecule has 0 spiro atoms. The number of aryl methyl sites for hydroxylation is 1. The summed E-state index contributed by atoms with van der Waals surface area (Å²) in [4.78, 5) is 0. The Morgan fingerprint density at radius 2 is 1.73 bits per heavy atom. The number of benzene rings is 2. The lowest BCUT2D eigenvalue weighted by atomic mass is 9.98. The Balaban J connectivity index is 1.89. The number of furan rings is 1. The SMILES string of the molecule is COc1cc2cc[n+]3c(C)c4cc(CO)c(CO)cc4cc3c2cc1-c1ccoc1. The quantitative estimate of drug-likeness (QED) is 0.268. The summed E-state index contributed by atoms with van der Waals surface area (Å²) in [6.45, 7) is 1.87. The lowest BCUT2D eigenvalue weighted by Gasteiger charge is -2.11. The summed E-state index contributed by atoms with van der Waals surface area (Å²) in [5, 5.41) is 23.7. The van der Waals surface area contributed by atoms with Gasteiger partial charge < -0.3 is 19.4 Å². The molecule has 0 fully saturated rings. The first-order valence-corrected chi connectivity index (χ1v) is 9.80. The Hall–Kier alpha value is -3.41. The molecular formula is C25H22NO4+. The molecule has 0 aliphatic carbocycles. The average molecular weight is 400 g/mol. The minimum absolute atomic E-state index is 0.0977. The van der Waals surface area contributed by atoms with Crippen molar-refractivity contribution in [1.82, 2.24) is 0 Å². The van der Waals surface area contributed by atoms with Crippen LogP contribution in [0.25, 0.3) is 38.2 Å². The van der Waals surface area contributed by atoms with E-state index < -0.39 is 0 Å². The summed E-state index contributed by atoms with van der Waals surface area (Å²) < 4.78 is 13.1. The number of methoxy groups -OCH3 is 1.